The van der Waals surface area contributed by atoms with Crippen molar-refractivity contribution in [3.63, 3.8) is 0 Å². The maximum absolute atomic E-state index is 10.4. The Bertz CT molecular complexity index is 271. The number of benzene rings is 1. The SMILES string of the molecule is NCc1cccc(C=O)c1N. The molecule has 0 fully saturated rings. The van der Waals surface area contributed by atoms with E-state index in [1.165, 1.54) is 0 Å². The van der Waals surface area contributed by atoms with Gasteiger partial charge in [0.05, 0.1) is 0 Å². The van der Waals surface area contributed by atoms with E-state index in [2.05, 4.69) is 0 Å². The number of nitrogen functional groups attached to an aromatic ring is 1. The predicted octanol–water partition coefficient (Wildman–Crippen LogP) is 0.540. The van der Waals surface area contributed by atoms with Gasteiger partial charge >= 0.3 is 0 Å². The molecule has 1 aromatic rings. The second-order valence-electron chi connectivity index (χ2n) is 2.24. The number of aldehydes is 1. The Morgan fingerprint density at radius 2 is 2.18 bits per heavy atom. The lowest BCUT2D eigenvalue weighted by Crippen LogP contribution is -2.03. The van der Waals surface area contributed by atoms with Crippen LogP contribution in [0.1, 0.15) is 15.9 Å². The summed E-state index contributed by atoms with van der Waals surface area (Å²) in [5.41, 5.74) is 12.8. The van der Waals surface area contributed by atoms with E-state index in [1.54, 1.807) is 12.1 Å². The third-order valence-electron chi connectivity index (χ3n) is 1.58. The van der Waals surface area contributed by atoms with E-state index in [-0.39, 0.29) is 0 Å². The molecule has 0 unspecified atom stereocenters. The Balaban J connectivity index is 3.20. The molecular weight excluding hydrogens is 140 g/mol. The van der Waals surface area contributed by atoms with E-state index in [1.807, 2.05) is 6.07 Å². The molecule has 0 saturated carbocycles. The first-order valence-electron chi connectivity index (χ1n) is 3.32. The molecule has 3 heteroatoms. The summed E-state index contributed by atoms with van der Waals surface area (Å²) < 4.78 is 0. The Kier molecular flexibility index (Phi) is 2.23. The highest BCUT2D eigenvalue weighted by atomic mass is 16.1. The van der Waals surface area contributed by atoms with Gasteiger partial charge in [-0.2, -0.15) is 0 Å². The maximum atomic E-state index is 10.4. The molecule has 0 radical (unpaired) electrons. The van der Waals surface area contributed by atoms with Crippen LogP contribution in [0.2, 0.25) is 0 Å². The highest BCUT2D eigenvalue weighted by Gasteiger charge is 2.00. The molecule has 0 aromatic heterocycles. The molecule has 0 spiro atoms. The molecular formula is C8H10N2O. The first kappa shape index (κ1) is 7.75. The number of hydrogen-bond acceptors (Lipinski definition) is 3. The first-order chi connectivity index (χ1) is 5.29. The van der Waals surface area contributed by atoms with Crippen LogP contribution in [0.3, 0.4) is 0 Å². The third-order valence-corrected chi connectivity index (χ3v) is 1.58. The molecule has 0 bridgehead atoms. The van der Waals surface area contributed by atoms with Crippen molar-refractivity contribution in [1.29, 1.82) is 0 Å². The van der Waals surface area contributed by atoms with Crippen molar-refractivity contribution in [3.8, 4) is 0 Å². The van der Waals surface area contributed by atoms with Gasteiger partial charge in [-0.3, -0.25) is 4.79 Å². The number of nitrogens with two attached hydrogens (primary N) is 2. The van der Waals surface area contributed by atoms with Crippen LogP contribution in [0.25, 0.3) is 0 Å². The lowest BCUT2D eigenvalue weighted by molar-refractivity contribution is 0.112. The summed E-state index contributed by atoms with van der Waals surface area (Å²) >= 11 is 0. The van der Waals surface area contributed by atoms with E-state index in [0.29, 0.717) is 17.8 Å². The molecule has 0 amide bonds. The van der Waals surface area contributed by atoms with Crippen LogP contribution >= 0.6 is 0 Å². The van der Waals surface area contributed by atoms with Crippen LogP contribution in [0.15, 0.2) is 18.2 Å². The molecule has 4 N–H and O–H groups in total. The van der Waals surface area contributed by atoms with Gasteiger partial charge in [-0.15, -0.1) is 0 Å². The average molecular weight is 150 g/mol. The molecule has 0 aliphatic carbocycles. The maximum Gasteiger partial charge on any atom is 0.152 e. The molecule has 1 aromatic carbocycles. The molecule has 58 valence electrons. The van der Waals surface area contributed by atoms with Gasteiger partial charge in [0.1, 0.15) is 0 Å². The van der Waals surface area contributed by atoms with E-state index in [0.717, 1.165) is 11.8 Å². The van der Waals surface area contributed by atoms with Gasteiger partial charge in [0.15, 0.2) is 6.29 Å². The summed E-state index contributed by atoms with van der Waals surface area (Å²) in [6, 6.07) is 5.24. The number of para-hydroxylation sites is 1. The van der Waals surface area contributed by atoms with Crippen LogP contribution in [0.4, 0.5) is 5.69 Å². The smallest absolute Gasteiger partial charge is 0.152 e. The number of carbonyl (C=O) groups excluding carboxylic acids is 1. The highest BCUT2D eigenvalue weighted by molar-refractivity contribution is 5.84. The number of anilines is 1. The second kappa shape index (κ2) is 3.16. The van der Waals surface area contributed by atoms with E-state index in [4.69, 9.17) is 11.5 Å². The zero-order chi connectivity index (χ0) is 8.27. The summed E-state index contributed by atoms with van der Waals surface area (Å²) in [6.07, 6.45) is 0.731. The van der Waals surface area contributed by atoms with E-state index < -0.39 is 0 Å². The number of hydrogen-bond donors (Lipinski definition) is 2. The van der Waals surface area contributed by atoms with E-state index >= 15 is 0 Å². The lowest BCUT2D eigenvalue weighted by atomic mass is 10.1. The van der Waals surface area contributed by atoms with Gasteiger partial charge in [-0.25, -0.2) is 0 Å². The third kappa shape index (κ3) is 1.38. The number of carbonyl (C=O) groups is 1. The lowest BCUT2D eigenvalue weighted by Gasteiger charge is -2.03. The average Bonchev–Trinajstić information content (AvgIpc) is 2.05. The van der Waals surface area contributed by atoms with Crippen LogP contribution in [-0.2, 0) is 6.54 Å². The zero-order valence-electron chi connectivity index (χ0n) is 6.08. The van der Waals surface area contributed by atoms with E-state index in [9.17, 15) is 4.79 Å². The quantitative estimate of drug-likeness (QED) is 0.477. The van der Waals surface area contributed by atoms with Crippen molar-refractivity contribution in [2.24, 2.45) is 5.73 Å². The predicted molar refractivity (Wildman–Crippen MR) is 44.1 cm³/mol. The van der Waals surface area contributed by atoms with Gasteiger partial charge in [0.2, 0.25) is 0 Å². The summed E-state index contributed by atoms with van der Waals surface area (Å²) in [7, 11) is 0. The number of rotatable bonds is 2. The van der Waals surface area contributed by atoms with Crippen molar-refractivity contribution in [2.45, 2.75) is 6.54 Å². The van der Waals surface area contributed by atoms with Crippen molar-refractivity contribution >= 4 is 12.0 Å². The standard InChI is InChI=1S/C8H10N2O/c9-4-6-2-1-3-7(5-11)8(6)10/h1-3,5H,4,9-10H2. The van der Waals surface area contributed by atoms with Gasteiger partial charge in [-0.05, 0) is 11.6 Å². The van der Waals surface area contributed by atoms with Crippen LogP contribution < -0.4 is 11.5 Å². The van der Waals surface area contributed by atoms with Crippen molar-refractivity contribution < 1.29 is 4.79 Å². The molecule has 0 atom stereocenters. The topological polar surface area (TPSA) is 69.1 Å². The fourth-order valence-electron chi connectivity index (χ4n) is 0.914. The Morgan fingerprint density at radius 3 is 2.73 bits per heavy atom. The molecule has 11 heavy (non-hydrogen) atoms. The minimum Gasteiger partial charge on any atom is -0.398 e. The van der Waals surface area contributed by atoms with Gasteiger partial charge < -0.3 is 11.5 Å². The summed E-state index contributed by atoms with van der Waals surface area (Å²) in [5, 5.41) is 0. The minimum atomic E-state index is 0.369. The Labute approximate surface area is 65.0 Å². The fraction of sp³-hybridized carbons (Fsp3) is 0.125. The summed E-state index contributed by atoms with van der Waals surface area (Å²) in [6.45, 7) is 0.369. The molecule has 0 aliphatic rings. The van der Waals surface area contributed by atoms with Crippen molar-refractivity contribution in [2.75, 3.05) is 5.73 Å². The highest BCUT2D eigenvalue weighted by Crippen LogP contribution is 2.14. The molecule has 0 aliphatic heterocycles. The molecule has 1 rings (SSSR count). The summed E-state index contributed by atoms with van der Waals surface area (Å²) in [4.78, 5) is 10.4. The van der Waals surface area contributed by atoms with Gasteiger partial charge in [-0.1, -0.05) is 12.1 Å². The normalized spacial score (nSPS) is 9.55. The monoisotopic (exact) mass is 150 g/mol. The fourth-order valence-corrected chi connectivity index (χ4v) is 0.914. The van der Waals surface area contributed by atoms with Crippen LogP contribution in [0, 0.1) is 0 Å². The molecule has 0 saturated heterocycles. The second-order valence-corrected chi connectivity index (χ2v) is 2.24. The Morgan fingerprint density at radius 1 is 1.45 bits per heavy atom. The zero-order valence-corrected chi connectivity index (χ0v) is 6.08. The Hall–Kier alpha value is -1.35. The molecule has 3 nitrogen and oxygen atoms in total. The van der Waals surface area contributed by atoms with Crippen LogP contribution in [-0.4, -0.2) is 6.29 Å². The largest absolute Gasteiger partial charge is 0.398 e. The molecule has 0 heterocycles. The van der Waals surface area contributed by atoms with Crippen molar-refractivity contribution in [3.05, 3.63) is 29.3 Å². The summed E-state index contributed by atoms with van der Waals surface area (Å²) in [5.74, 6) is 0. The first-order valence-corrected chi connectivity index (χ1v) is 3.32. The van der Waals surface area contributed by atoms with Gasteiger partial charge in [0.25, 0.3) is 0 Å². The minimum absolute atomic E-state index is 0.369. The van der Waals surface area contributed by atoms with Crippen molar-refractivity contribution in [1.82, 2.24) is 0 Å². The van der Waals surface area contributed by atoms with Crippen LogP contribution in [0.5, 0.6) is 0 Å². The van der Waals surface area contributed by atoms with Gasteiger partial charge in [0, 0.05) is 17.8 Å².